The minimum absolute atomic E-state index is 0.0306. The Labute approximate surface area is 146 Å². The number of hydrogen-bond donors (Lipinski definition) is 2. The van der Waals surface area contributed by atoms with Gasteiger partial charge in [0.1, 0.15) is 6.10 Å². The van der Waals surface area contributed by atoms with Crippen LogP contribution in [0.25, 0.3) is 0 Å². The minimum atomic E-state index is -0.859. The van der Waals surface area contributed by atoms with Crippen LogP contribution in [0, 0.1) is 5.92 Å². The number of aliphatic hydroxyl groups is 1. The summed E-state index contributed by atoms with van der Waals surface area (Å²) in [7, 11) is 0. The molecule has 2 fully saturated rings. The second-order valence-electron chi connectivity index (χ2n) is 6.13. The largest absolute Gasteiger partial charge is 0.443 e. The van der Waals surface area contributed by atoms with E-state index in [9.17, 15) is 9.90 Å². The molecule has 6 nitrogen and oxygen atoms in total. The molecule has 2 aliphatic rings. The Balaban J connectivity index is 1.56. The minimum Gasteiger partial charge on any atom is -0.443 e. The van der Waals surface area contributed by atoms with E-state index in [4.69, 9.17) is 25.8 Å². The van der Waals surface area contributed by atoms with Gasteiger partial charge in [-0.25, -0.2) is 4.79 Å². The third-order valence-electron chi connectivity index (χ3n) is 4.47. The van der Waals surface area contributed by atoms with E-state index < -0.39 is 18.2 Å². The molecule has 0 saturated carbocycles. The number of aliphatic hydroxyl groups excluding tert-OH is 1. The molecule has 0 unspecified atom stereocenters. The monoisotopic (exact) mass is 355 g/mol. The van der Waals surface area contributed by atoms with Crippen molar-refractivity contribution in [1.29, 1.82) is 0 Å². The summed E-state index contributed by atoms with van der Waals surface area (Å²) in [6, 6.07) is 9.09. The van der Waals surface area contributed by atoms with Crippen LogP contribution in [-0.2, 0) is 20.6 Å². The molecule has 0 aliphatic carbocycles. The lowest BCUT2D eigenvalue weighted by molar-refractivity contribution is -0.0907. The first-order chi connectivity index (χ1) is 11.7. The van der Waals surface area contributed by atoms with Crippen LogP contribution in [0.3, 0.4) is 0 Å². The van der Waals surface area contributed by atoms with Gasteiger partial charge in [-0.1, -0.05) is 30.3 Å². The summed E-state index contributed by atoms with van der Waals surface area (Å²) in [5.41, 5.74) is 1.00. The maximum atomic E-state index is 12.2. The number of benzene rings is 1. The number of ether oxygens (including phenoxy) is 3. The maximum absolute atomic E-state index is 12.2. The molecular weight excluding hydrogens is 334 g/mol. The third kappa shape index (κ3) is 4.19. The van der Waals surface area contributed by atoms with Crippen molar-refractivity contribution in [1.82, 2.24) is 5.32 Å². The lowest BCUT2D eigenvalue weighted by Crippen LogP contribution is -2.47. The second kappa shape index (κ2) is 8.16. The Hall–Kier alpha value is -1.34. The van der Waals surface area contributed by atoms with Gasteiger partial charge in [0.15, 0.2) is 6.29 Å². The first-order valence-electron chi connectivity index (χ1n) is 8.15. The van der Waals surface area contributed by atoms with Gasteiger partial charge in [0.25, 0.3) is 0 Å². The highest BCUT2D eigenvalue weighted by Gasteiger charge is 2.44. The van der Waals surface area contributed by atoms with Crippen molar-refractivity contribution in [2.45, 2.75) is 37.4 Å². The van der Waals surface area contributed by atoms with Crippen molar-refractivity contribution in [3.63, 3.8) is 0 Å². The SMILES string of the molecule is O=C(N[C@@H](Cc1ccccc1)[C@@H](O)CCl)O[C@H]1CO[C@H]2OCC[C@H]21. The second-order valence-corrected chi connectivity index (χ2v) is 6.44. The quantitative estimate of drug-likeness (QED) is 0.759. The van der Waals surface area contributed by atoms with Gasteiger partial charge in [0.2, 0.25) is 0 Å². The zero-order valence-electron chi connectivity index (χ0n) is 13.3. The summed E-state index contributed by atoms with van der Waals surface area (Å²) in [6.07, 6.45) is -0.719. The summed E-state index contributed by atoms with van der Waals surface area (Å²) in [5.74, 6) is 0.115. The number of nitrogens with one attached hydrogen (secondary N) is 1. The number of amides is 1. The molecule has 1 amide bonds. The molecule has 1 aromatic carbocycles. The predicted molar refractivity (Wildman–Crippen MR) is 87.9 cm³/mol. The van der Waals surface area contributed by atoms with Crippen LogP contribution in [0.1, 0.15) is 12.0 Å². The number of rotatable bonds is 6. The van der Waals surface area contributed by atoms with Crippen LogP contribution in [0.5, 0.6) is 0 Å². The molecule has 0 radical (unpaired) electrons. The fourth-order valence-electron chi connectivity index (χ4n) is 3.13. The summed E-state index contributed by atoms with van der Waals surface area (Å²) in [6.45, 7) is 0.961. The van der Waals surface area contributed by atoms with Crippen molar-refractivity contribution in [3.05, 3.63) is 35.9 Å². The van der Waals surface area contributed by atoms with Crippen LogP contribution in [0.2, 0.25) is 0 Å². The van der Waals surface area contributed by atoms with Gasteiger partial charge >= 0.3 is 6.09 Å². The molecular formula is C17H22ClNO5. The Bertz CT molecular complexity index is 543. The van der Waals surface area contributed by atoms with E-state index in [0.717, 1.165) is 12.0 Å². The molecule has 2 saturated heterocycles. The molecule has 2 aliphatic heterocycles. The third-order valence-corrected chi connectivity index (χ3v) is 4.78. The smallest absolute Gasteiger partial charge is 0.407 e. The van der Waals surface area contributed by atoms with Gasteiger partial charge in [-0.15, -0.1) is 11.6 Å². The van der Waals surface area contributed by atoms with Crippen LogP contribution in [0.4, 0.5) is 4.79 Å². The van der Waals surface area contributed by atoms with Gasteiger partial charge in [0, 0.05) is 0 Å². The summed E-state index contributed by atoms with van der Waals surface area (Å²) in [5, 5.41) is 12.8. The molecule has 1 aromatic rings. The molecule has 2 heterocycles. The fraction of sp³-hybridized carbons (Fsp3) is 0.588. The molecule has 2 N–H and O–H groups in total. The summed E-state index contributed by atoms with van der Waals surface area (Å²) >= 11 is 5.76. The number of carbonyl (C=O) groups excluding carboxylic acids is 1. The Morgan fingerprint density at radius 2 is 2.17 bits per heavy atom. The highest BCUT2D eigenvalue weighted by molar-refractivity contribution is 6.18. The van der Waals surface area contributed by atoms with Crippen LogP contribution in [-0.4, -0.2) is 54.8 Å². The average molecular weight is 356 g/mol. The van der Waals surface area contributed by atoms with Crippen LogP contribution in [0.15, 0.2) is 30.3 Å². The van der Waals surface area contributed by atoms with E-state index in [2.05, 4.69) is 5.32 Å². The Kier molecular flexibility index (Phi) is 5.94. The topological polar surface area (TPSA) is 77.0 Å². The molecule has 24 heavy (non-hydrogen) atoms. The zero-order valence-corrected chi connectivity index (χ0v) is 14.0. The lowest BCUT2D eigenvalue weighted by Gasteiger charge is -2.24. The van der Waals surface area contributed by atoms with Gasteiger partial charge in [0.05, 0.1) is 37.2 Å². The summed E-state index contributed by atoms with van der Waals surface area (Å²) < 4.78 is 16.4. The van der Waals surface area contributed by atoms with Gasteiger partial charge in [-0.3, -0.25) is 0 Å². The van der Waals surface area contributed by atoms with E-state index in [-0.39, 0.29) is 24.2 Å². The van der Waals surface area contributed by atoms with Gasteiger partial charge in [-0.05, 0) is 18.4 Å². The highest BCUT2D eigenvalue weighted by atomic mass is 35.5. The molecule has 0 aromatic heterocycles. The van der Waals surface area contributed by atoms with E-state index in [1.165, 1.54) is 0 Å². The van der Waals surface area contributed by atoms with Crippen LogP contribution >= 0.6 is 11.6 Å². The molecule has 0 spiro atoms. The number of hydrogen-bond acceptors (Lipinski definition) is 5. The number of alkyl carbamates (subject to hydrolysis) is 1. The van der Waals surface area contributed by atoms with Crippen molar-refractivity contribution < 1.29 is 24.1 Å². The first kappa shape index (κ1) is 17.5. The van der Waals surface area contributed by atoms with Crippen molar-refractivity contribution in [3.8, 4) is 0 Å². The number of halogens is 1. The highest BCUT2D eigenvalue weighted by Crippen LogP contribution is 2.32. The molecule has 0 bridgehead atoms. The fourth-order valence-corrected chi connectivity index (χ4v) is 3.34. The van der Waals surface area contributed by atoms with Gasteiger partial charge < -0.3 is 24.6 Å². The first-order valence-corrected chi connectivity index (χ1v) is 8.69. The van der Waals surface area contributed by atoms with Crippen molar-refractivity contribution >= 4 is 17.7 Å². The molecule has 3 rings (SSSR count). The Morgan fingerprint density at radius 3 is 2.92 bits per heavy atom. The number of carbonyl (C=O) groups is 1. The van der Waals surface area contributed by atoms with E-state index >= 15 is 0 Å². The van der Waals surface area contributed by atoms with Crippen molar-refractivity contribution in [2.75, 3.05) is 19.1 Å². The Morgan fingerprint density at radius 1 is 1.38 bits per heavy atom. The van der Waals surface area contributed by atoms with Gasteiger partial charge in [-0.2, -0.15) is 0 Å². The molecule has 7 heteroatoms. The van der Waals surface area contributed by atoms with E-state index in [1.807, 2.05) is 30.3 Å². The van der Waals surface area contributed by atoms with E-state index in [1.54, 1.807) is 0 Å². The summed E-state index contributed by atoms with van der Waals surface area (Å²) in [4.78, 5) is 12.2. The number of alkyl halides is 1. The average Bonchev–Trinajstić information content (AvgIpc) is 3.19. The maximum Gasteiger partial charge on any atom is 0.407 e. The molecule has 132 valence electrons. The predicted octanol–water partition coefficient (Wildman–Crippen LogP) is 1.69. The normalized spacial score (nSPS) is 28.2. The number of fused-ring (bicyclic) bond motifs is 1. The standard InChI is InChI=1S/C17H22ClNO5/c18-9-14(20)13(8-11-4-2-1-3-5-11)19-17(21)24-15-10-23-16-12(15)6-7-22-16/h1-5,12-16,20H,6-10H2,(H,19,21)/t12-,13-,14-,15-,16+/m0/s1. The zero-order chi connectivity index (χ0) is 16.9. The van der Waals surface area contributed by atoms with E-state index in [0.29, 0.717) is 19.6 Å². The lowest BCUT2D eigenvalue weighted by atomic mass is 10.0. The molecule has 5 atom stereocenters. The van der Waals surface area contributed by atoms with Crippen LogP contribution < -0.4 is 5.32 Å². The van der Waals surface area contributed by atoms with Crippen molar-refractivity contribution in [2.24, 2.45) is 5.92 Å².